The van der Waals surface area contributed by atoms with E-state index in [9.17, 15) is 0 Å². The maximum Gasteiger partial charge on any atom is 0.173 e. The largest absolute Gasteiger partial charge is 0.495 e. The monoisotopic (exact) mass is 477 g/mol. The molecule has 1 heterocycles. The van der Waals surface area contributed by atoms with Crippen LogP contribution in [0.25, 0.3) is 0 Å². The van der Waals surface area contributed by atoms with E-state index in [1.54, 1.807) is 21.3 Å². The van der Waals surface area contributed by atoms with E-state index in [1.165, 1.54) is 5.56 Å². The van der Waals surface area contributed by atoms with E-state index in [0.717, 1.165) is 56.1 Å². The van der Waals surface area contributed by atoms with Crippen molar-refractivity contribution in [3.8, 4) is 17.2 Å². The number of halogens is 1. The number of methoxy groups -OCH3 is 3. The molecule has 1 aliphatic heterocycles. The topological polar surface area (TPSA) is 46.2 Å². The van der Waals surface area contributed by atoms with Gasteiger partial charge in [-0.25, -0.2) is 0 Å². The SMILES string of the molecule is COc1ccc(NC(=S)N(CCc2ccc(OC)c(OC)c2)C2CCN(C)CC2)cc1Cl. The highest BCUT2D eigenvalue weighted by Crippen LogP contribution is 2.29. The van der Waals surface area contributed by atoms with E-state index in [2.05, 4.69) is 28.2 Å². The second-order valence-corrected chi connectivity index (χ2v) is 8.74. The van der Waals surface area contributed by atoms with Crippen LogP contribution in [0.3, 0.4) is 0 Å². The van der Waals surface area contributed by atoms with Gasteiger partial charge >= 0.3 is 0 Å². The van der Waals surface area contributed by atoms with Crippen molar-refractivity contribution in [3.05, 3.63) is 47.0 Å². The first-order chi connectivity index (χ1) is 15.4. The summed E-state index contributed by atoms with van der Waals surface area (Å²) in [5.41, 5.74) is 2.03. The number of ether oxygens (including phenoxy) is 3. The Kier molecular flexibility index (Phi) is 8.84. The molecule has 1 aliphatic rings. The van der Waals surface area contributed by atoms with Crippen molar-refractivity contribution in [2.24, 2.45) is 0 Å². The van der Waals surface area contributed by atoms with Crippen molar-refractivity contribution in [1.82, 2.24) is 9.80 Å². The molecular formula is C24H32ClN3O3S. The number of anilines is 1. The van der Waals surface area contributed by atoms with Gasteiger partial charge in [-0.3, -0.25) is 0 Å². The number of nitrogens with zero attached hydrogens (tertiary/aromatic N) is 2. The highest BCUT2D eigenvalue weighted by atomic mass is 35.5. The first-order valence-electron chi connectivity index (χ1n) is 10.8. The van der Waals surface area contributed by atoms with Crippen LogP contribution in [0.4, 0.5) is 5.69 Å². The number of thiocarbonyl (C=S) groups is 1. The summed E-state index contributed by atoms with van der Waals surface area (Å²) in [4.78, 5) is 4.68. The Bertz CT molecular complexity index is 919. The predicted octanol–water partition coefficient (Wildman–Crippen LogP) is 4.70. The first-order valence-corrected chi connectivity index (χ1v) is 11.5. The van der Waals surface area contributed by atoms with Gasteiger partial charge in [0.1, 0.15) is 5.75 Å². The number of nitrogens with one attached hydrogen (secondary N) is 1. The van der Waals surface area contributed by atoms with Crippen molar-refractivity contribution in [3.63, 3.8) is 0 Å². The molecule has 32 heavy (non-hydrogen) atoms. The molecule has 1 N–H and O–H groups in total. The number of piperidine rings is 1. The van der Waals surface area contributed by atoms with Crippen LogP contribution in [0.15, 0.2) is 36.4 Å². The smallest absolute Gasteiger partial charge is 0.173 e. The normalized spacial score (nSPS) is 14.7. The molecule has 0 bridgehead atoms. The molecular weight excluding hydrogens is 446 g/mol. The fourth-order valence-electron chi connectivity index (χ4n) is 3.98. The predicted molar refractivity (Wildman–Crippen MR) is 135 cm³/mol. The molecule has 0 amide bonds. The Hall–Kier alpha value is -2.22. The molecule has 3 rings (SSSR count). The van der Waals surface area contributed by atoms with Gasteiger partial charge in [0.25, 0.3) is 0 Å². The zero-order valence-electron chi connectivity index (χ0n) is 19.2. The summed E-state index contributed by atoms with van der Waals surface area (Å²) in [6.45, 7) is 2.93. The molecule has 0 aliphatic carbocycles. The quantitative estimate of drug-likeness (QED) is 0.553. The molecule has 0 atom stereocenters. The van der Waals surface area contributed by atoms with Gasteiger partial charge in [-0.15, -0.1) is 0 Å². The lowest BCUT2D eigenvalue weighted by atomic mass is 10.0. The minimum Gasteiger partial charge on any atom is -0.495 e. The molecule has 6 nitrogen and oxygen atoms in total. The molecule has 174 valence electrons. The number of rotatable bonds is 8. The van der Waals surface area contributed by atoms with Crippen LogP contribution in [0.2, 0.25) is 5.02 Å². The van der Waals surface area contributed by atoms with Gasteiger partial charge in [0.2, 0.25) is 0 Å². The molecule has 0 aromatic heterocycles. The Balaban J connectivity index is 1.74. The summed E-state index contributed by atoms with van der Waals surface area (Å²) < 4.78 is 16.1. The average molecular weight is 478 g/mol. The number of hydrogen-bond donors (Lipinski definition) is 1. The van der Waals surface area contributed by atoms with Crippen LogP contribution in [-0.2, 0) is 6.42 Å². The average Bonchev–Trinajstić information content (AvgIpc) is 2.80. The van der Waals surface area contributed by atoms with Crippen LogP contribution >= 0.6 is 23.8 Å². The zero-order chi connectivity index (χ0) is 23.1. The lowest BCUT2D eigenvalue weighted by Gasteiger charge is -2.39. The number of benzene rings is 2. The third-order valence-electron chi connectivity index (χ3n) is 5.88. The maximum absolute atomic E-state index is 6.30. The summed E-state index contributed by atoms with van der Waals surface area (Å²) in [6.07, 6.45) is 3.00. The second-order valence-electron chi connectivity index (χ2n) is 7.95. The fraction of sp³-hybridized carbons (Fsp3) is 0.458. The van der Waals surface area contributed by atoms with Gasteiger partial charge in [-0.2, -0.15) is 0 Å². The summed E-state index contributed by atoms with van der Waals surface area (Å²) in [7, 11) is 7.08. The summed E-state index contributed by atoms with van der Waals surface area (Å²) in [5, 5.41) is 4.64. The van der Waals surface area contributed by atoms with Crippen LogP contribution in [0.5, 0.6) is 17.2 Å². The van der Waals surface area contributed by atoms with Crippen molar-refractivity contribution in [1.29, 1.82) is 0 Å². The van der Waals surface area contributed by atoms with Crippen molar-refractivity contribution < 1.29 is 14.2 Å². The fourth-order valence-corrected chi connectivity index (χ4v) is 4.60. The number of likely N-dealkylation sites (tertiary alicyclic amines) is 1. The van der Waals surface area contributed by atoms with Crippen LogP contribution in [-0.4, -0.2) is 69.0 Å². The Labute approximate surface area is 201 Å². The van der Waals surface area contributed by atoms with Gasteiger partial charge in [0.15, 0.2) is 16.6 Å². The van der Waals surface area contributed by atoms with E-state index in [1.807, 2.05) is 30.3 Å². The van der Waals surface area contributed by atoms with Gasteiger partial charge in [0, 0.05) is 18.3 Å². The van der Waals surface area contributed by atoms with Crippen molar-refractivity contribution in [2.75, 3.05) is 53.3 Å². The van der Waals surface area contributed by atoms with Gasteiger partial charge < -0.3 is 29.3 Å². The summed E-state index contributed by atoms with van der Waals surface area (Å²) in [5.74, 6) is 2.12. The highest BCUT2D eigenvalue weighted by molar-refractivity contribution is 7.80. The van der Waals surface area contributed by atoms with E-state index < -0.39 is 0 Å². The van der Waals surface area contributed by atoms with E-state index in [-0.39, 0.29) is 0 Å². The van der Waals surface area contributed by atoms with E-state index in [0.29, 0.717) is 21.9 Å². The first kappa shape index (κ1) is 24.4. The third kappa shape index (κ3) is 6.18. The molecule has 0 saturated carbocycles. The summed E-state index contributed by atoms with van der Waals surface area (Å²) >= 11 is 12.2. The Morgan fingerprint density at radius 1 is 1.03 bits per heavy atom. The molecule has 0 radical (unpaired) electrons. The molecule has 2 aromatic carbocycles. The van der Waals surface area contributed by atoms with Crippen molar-refractivity contribution in [2.45, 2.75) is 25.3 Å². The Morgan fingerprint density at radius 3 is 2.31 bits per heavy atom. The number of hydrogen-bond acceptors (Lipinski definition) is 5. The van der Waals surface area contributed by atoms with Gasteiger partial charge in [-0.05, 0) is 87.5 Å². The molecule has 1 fully saturated rings. The van der Waals surface area contributed by atoms with Crippen molar-refractivity contribution >= 4 is 34.6 Å². The van der Waals surface area contributed by atoms with Gasteiger partial charge in [-0.1, -0.05) is 17.7 Å². The maximum atomic E-state index is 6.30. The summed E-state index contributed by atoms with van der Waals surface area (Å²) in [6, 6.07) is 12.1. The van der Waals surface area contributed by atoms with Crippen LogP contribution < -0.4 is 19.5 Å². The minimum atomic E-state index is 0.389. The molecule has 2 aromatic rings. The standard InChI is InChI=1S/C24H32ClN3O3S/c1-27-12-10-19(11-13-27)28(14-9-17-5-7-22(30-3)23(15-17)31-4)24(32)26-18-6-8-21(29-2)20(25)16-18/h5-8,15-16,19H,9-14H2,1-4H3,(H,26,32). The Morgan fingerprint density at radius 2 is 1.69 bits per heavy atom. The highest BCUT2D eigenvalue weighted by Gasteiger charge is 2.25. The van der Waals surface area contributed by atoms with Gasteiger partial charge in [0.05, 0.1) is 26.4 Å². The van der Waals surface area contributed by atoms with E-state index in [4.69, 9.17) is 38.0 Å². The molecule has 0 spiro atoms. The lowest BCUT2D eigenvalue weighted by Crippen LogP contribution is -2.48. The lowest BCUT2D eigenvalue weighted by molar-refractivity contribution is 0.178. The molecule has 0 unspecified atom stereocenters. The molecule has 1 saturated heterocycles. The molecule has 8 heteroatoms. The second kappa shape index (κ2) is 11.6. The van der Waals surface area contributed by atoms with Crippen LogP contribution in [0.1, 0.15) is 18.4 Å². The van der Waals surface area contributed by atoms with Crippen LogP contribution in [0, 0.1) is 0 Å². The van der Waals surface area contributed by atoms with E-state index >= 15 is 0 Å². The minimum absolute atomic E-state index is 0.389. The third-order valence-corrected chi connectivity index (χ3v) is 6.51. The zero-order valence-corrected chi connectivity index (χ0v) is 20.8.